The number of hydrogen-bond acceptors (Lipinski definition) is 3. The van der Waals surface area contributed by atoms with Crippen molar-refractivity contribution in [2.75, 3.05) is 6.61 Å². The van der Waals surface area contributed by atoms with Gasteiger partial charge in [0.05, 0.1) is 18.3 Å². The quantitative estimate of drug-likeness (QED) is 0.761. The van der Waals surface area contributed by atoms with Crippen molar-refractivity contribution in [2.45, 2.75) is 13.8 Å². The Hall–Kier alpha value is -1.84. The van der Waals surface area contributed by atoms with Gasteiger partial charge in [0.2, 0.25) is 0 Å². The van der Waals surface area contributed by atoms with Crippen molar-refractivity contribution in [3.8, 4) is 0 Å². The van der Waals surface area contributed by atoms with Crippen LogP contribution in [0.4, 0.5) is 0 Å². The van der Waals surface area contributed by atoms with E-state index in [2.05, 4.69) is 9.97 Å². The van der Waals surface area contributed by atoms with Crippen LogP contribution in [0.5, 0.6) is 0 Å². The van der Waals surface area contributed by atoms with Crippen molar-refractivity contribution in [2.24, 2.45) is 0 Å². The van der Waals surface area contributed by atoms with E-state index >= 15 is 0 Å². The fourth-order valence-electron chi connectivity index (χ4n) is 1.46. The summed E-state index contributed by atoms with van der Waals surface area (Å²) in [7, 11) is 0. The van der Waals surface area contributed by atoms with Gasteiger partial charge in [-0.25, -0.2) is 4.79 Å². The molecule has 4 nitrogen and oxygen atoms in total. The molecule has 1 N–H and O–H groups in total. The smallest absolute Gasteiger partial charge is 0.354 e. The Bertz CT molecular complexity index is 502. The van der Waals surface area contributed by atoms with Gasteiger partial charge in [0, 0.05) is 11.1 Å². The maximum absolute atomic E-state index is 11.4. The van der Waals surface area contributed by atoms with Crippen molar-refractivity contribution >= 4 is 16.9 Å². The zero-order chi connectivity index (χ0) is 10.8. The van der Waals surface area contributed by atoms with Crippen LogP contribution in [-0.2, 0) is 4.74 Å². The molecule has 0 amide bonds. The summed E-state index contributed by atoms with van der Waals surface area (Å²) in [4.78, 5) is 18.5. The van der Waals surface area contributed by atoms with E-state index in [0.717, 1.165) is 16.6 Å². The van der Waals surface area contributed by atoms with Gasteiger partial charge in [-0.3, -0.25) is 4.98 Å². The third-order valence-electron chi connectivity index (χ3n) is 2.14. The summed E-state index contributed by atoms with van der Waals surface area (Å²) in [5, 5.41) is 0.977. The highest BCUT2D eigenvalue weighted by Crippen LogP contribution is 2.15. The molecule has 15 heavy (non-hydrogen) atoms. The number of aromatic nitrogens is 2. The molecule has 0 atom stereocenters. The fraction of sp³-hybridized carbons (Fsp3) is 0.273. The predicted molar refractivity (Wildman–Crippen MR) is 56.8 cm³/mol. The van der Waals surface area contributed by atoms with Crippen LogP contribution in [0, 0.1) is 6.92 Å². The summed E-state index contributed by atoms with van der Waals surface area (Å²) >= 11 is 0. The molecule has 78 valence electrons. The van der Waals surface area contributed by atoms with Gasteiger partial charge in [-0.2, -0.15) is 0 Å². The normalized spacial score (nSPS) is 10.5. The van der Waals surface area contributed by atoms with Crippen LogP contribution in [-0.4, -0.2) is 22.5 Å². The summed E-state index contributed by atoms with van der Waals surface area (Å²) in [6.45, 7) is 4.08. The third-order valence-corrected chi connectivity index (χ3v) is 2.14. The third kappa shape index (κ3) is 1.83. The van der Waals surface area contributed by atoms with Gasteiger partial charge in [-0.1, -0.05) is 0 Å². The summed E-state index contributed by atoms with van der Waals surface area (Å²) < 4.78 is 4.90. The van der Waals surface area contributed by atoms with E-state index < -0.39 is 0 Å². The SMILES string of the molecule is CCOC(=O)c1cc2cc(C)ncc2[nH]1. The van der Waals surface area contributed by atoms with E-state index in [0.29, 0.717) is 12.3 Å². The summed E-state index contributed by atoms with van der Waals surface area (Å²) in [5.41, 5.74) is 2.25. The monoisotopic (exact) mass is 204 g/mol. The highest BCUT2D eigenvalue weighted by atomic mass is 16.5. The van der Waals surface area contributed by atoms with Crippen molar-refractivity contribution in [1.29, 1.82) is 0 Å². The molecule has 0 radical (unpaired) electrons. The van der Waals surface area contributed by atoms with Crippen LogP contribution in [0.2, 0.25) is 0 Å². The molecule has 0 spiro atoms. The number of rotatable bonds is 2. The lowest BCUT2D eigenvalue weighted by Gasteiger charge is -1.96. The minimum atomic E-state index is -0.327. The summed E-state index contributed by atoms with van der Waals surface area (Å²) in [5.74, 6) is -0.327. The predicted octanol–water partition coefficient (Wildman–Crippen LogP) is 2.05. The Morgan fingerprint density at radius 2 is 2.33 bits per heavy atom. The number of nitrogens with zero attached hydrogens (tertiary/aromatic N) is 1. The van der Waals surface area contributed by atoms with Crippen LogP contribution in [0.1, 0.15) is 23.1 Å². The topological polar surface area (TPSA) is 55.0 Å². The number of aryl methyl sites for hydroxylation is 1. The molecule has 4 heteroatoms. The number of fused-ring (bicyclic) bond motifs is 1. The molecule has 0 aliphatic rings. The number of esters is 1. The van der Waals surface area contributed by atoms with Gasteiger partial charge in [-0.05, 0) is 26.0 Å². The second kappa shape index (κ2) is 3.73. The van der Waals surface area contributed by atoms with E-state index in [1.807, 2.05) is 13.0 Å². The Kier molecular flexibility index (Phi) is 2.41. The van der Waals surface area contributed by atoms with E-state index in [9.17, 15) is 4.79 Å². The zero-order valence-corrected chi connectivity index (χ0v) is 8.70. The van der Waals surface area contributed by atoms with E-state index in [1.165, 1.54) is 0 Å². The molecule has 0 fully saturated rings. The average molecular weight is 204 g/mol. The Labute approximate surface area is 87.3 Å². The minimum absolute atomic E-state index is 0.327. The lowest BCUT2D eigenvalue weighted by Crippen LogP contribution is -2.04. The molecule has 0 unspecified atom stereocenters. The van der Waals surface area contributed by atoms with E-state index in [4.69, 9.17) is 4.74 Å². The number of aromatic amines is 1. The van der Waals surface area contributed by atoms with E-state index in [-0.39, 0.29) is 5.97 Å². The first-order chi connectivity index (χ1) is 7.20. The van der Waals surface area contributed by atoms with Crippen LogP contribution in [0.3, 0.4) is 0 Å². The minimum Gasteiger partial charge on any atom is -0.461 e. The summed E-state index contributed by atoms with van der Waals surface area (Å²) in [6.07, 6.45) is 1.72. The standard InChI is InChI=1S/C11H12N2O2/c1-3-15-11(14)9-5-8-4-7(2)12-6-10(8)13-9/h4-6,13H,3H2,1-2H3. The number of carbonyl (C=O) groups excluding carboxylic acids is 1. The maximum atomic E-state index is 11.4. The highest BCUT2D eigenvalue weighted by molar-refractivity contribution is 5.94. The highest BCUT2D eigenvalue weighted by Gasteiger charge is 2.09. The van der Waals surface area contributed by atoms with Crippen molar-refractivity contribution < 1.29 is 9.53 Å². The Morgan fingerprint density at radius 1 is 1.53 bits per heavy atom. The van der Waals surface area contributed by atoms with Crippen LogP contribution in [0.15, 0.2) is 18.3 Å². The molecule has 0 aromatic carbocycles. The second-order valence-corrected chi connectivity index (χ2v) is 3.32. The molecule has 0 saturated carbocycles. The molecular weight excluding hydrogens is 192 g/mol. The maximum Gasteiger partial charge on any atom is 0.354 e. The zero-order valence-electron chi connectivity index (χ0n) is 8.70. The number of carbonyl (C=O) groups is 1. The lowest BCUT2D eigenvalue weighted by atomic mass is 10.2. The lowest BCUT2D eigenvalue weighted by molar-refractivity contribution is 0.0520. The Balaban J connectivity index is 2.42. The van der Waals surface area contributed by atoms with Crippen molar-refractivity contribution in [3.63, 3.8) is 0 Å². The fourth-order valence-corrected chi connectivity index (χ4v) is 1.46. The molecule has 0 bridgehead atoms. The number of hydrogen-bond donors (Lipinski definition) is 1. The first-order valence-corrected chi connectivity index (χ1v) is 4.83. The molecular formula is C11H12N2O2. The number of nitrogens with one attached hydrogen (secondary N) is 1. The molecule has 0 aliphatic carbocycles. The van der Waals surface area contributed by atoms with Gasteiger partial charge in [0.25, 0.3) is 0 Å². The van der Waals surface area contributed by atoms with Gasteiger partial charge in [-0.15, -0.1) is 0 Å². The van der Waals surface area contributed by atoms with Gasteiger partial charge in [0.1, 0.15) is 5.69 Å². The molecule has 0 saturated heterocycles. The first kappa shape index (κ1) is 9.71. The van der Waals surface area contributed by atoms with Crippen molar-refractivity contribution in [1.82, 2.24) is 9.97 Å². The molecule has 2 aromatic heterocycles. The largest absolute Gasteiger partial charge is 0.461 e. The van der Waals surface area contributed by atoms with Crippen LogP contribution < -0.4 is 0 Å². The summed E-state index contributed by atoms with van der Waals surface area (Å²) in [6, 6.07) is 3.70. The molecule has 0 aliphatic heterocycles. The molecule has 2 heterocycles. The first-order valence-electron chi connectivity index (χ1n) is 4.83. The van der Waals surface area contributed by atoms with Crippen LogP contribution >= 0.6 is 0 Å². The van der Waals surface area contributed by atoms with Gasteiger partial charge in [0.15, 0.2) is 0 Å². The Morgan fingerprint density at radius 3 is 3.07 bits per heavy atom. The van der Waals surface area contributed by atoms with Gasteiger partial charge >= 0.3 is 5.97 Å². The molecule has 2 rings (SSSR count). The van der Waals surface area contributed by atoms with Gasteiger partial charge < -0.3 is 9.72 Å². The molecule has 2 aromatic rings. The second-order valence-electron chi connectivity index (χ2n) is 3.32. The number of H-pyrrole nitrogens is 1. The number of pyridine rings is 1. The van der Waals surface area contributed by atoms with Crippen molar-refractivity contribution in [3.05, 3.63) is 29.7 Å². The number of ether oxygens (including phenoxy) is 1. The van der Waals surface area contributed by atoms with Crippen LogP contribution in [0.25, 0.3) is 10.9 Å². The average Bonchev–Trinajstić information content (AvgIpc) is 2.60. The van der Waals surface area contributed by atoms with E-state index in [1.54, 1.807) is 19.2 Å².